The van der Waals surface area contributed by atoms with Crippen LogP contribution in [0.4, 0.5) is 26.3 Å². The van der Waals surface area contributed by atoms with Crippen LogP contribution in [0.3, 0.4) is 0 Å². The highest BCUT2D eigenvalue weighted by molar-refractivity contribution is 8.00. The summed E-state index contributed by atoms with van der Waals surface area (Å²) in [5, 5.41) is 8.79. The average molecular weight is 345 g/mol. The third-order valence-electron chi connectivity index (χ3n) is 2.05. The van der Waals surface area contributed by atoms with Crippen molar-refractivity contribution in [2.24, 2.45) is 0 Å². The number of alkyl halides is 6. The van der Waals surface area contributed by atoms with E-state index in [9.17, 15) is 31.1 Å². The van der Waals surface area contributed by atoms with Crippen molar-refractivity contribution < 1.29 is 40.6 Å². The number of rotatable bonds is 3. The Labute approximate surface area is 123 Å². The van der Waals surface area contributed by atoms with Gasteiger partial charge in [-0.25, -0.2) is 4.79 Å². The lowest BCUT2D eigenvalue weighted by molar-refractivity contribution is -0.274. The number of nitrogens with zero attached hydrogens (tertiary/aromatic N) is 1. The first-order chi connectivity index (χ1) is 9.96. The Kier molecular flexibility index (Phi) is 5.18. The summed E-state index contributed by atoms with van der Waals surface area (Å²) >= 11 is -0.843. The number of carbonyl (C=O) groups is 1. The van der Waals surface area contributed by atoms with Crippen LogP contribution >= 0.6 is 11.8 Å². The van der Waals surface area contributed by atoms with Gasteiger partial charge in [0, 0.05) is 4.90 Å². The van der Waals surface area contributed by atoms with E-state index >= 15 is 0 Å². The predicted molar refractivity (Wildman–Crippen MR) is 61.1 cm³/mol. The third-order valence-corrected chi connectivity index (χ3v) is 2.82. The molecule has 0 aliphatic carbocycles. The molecule has 0 unspecified atom stereocenters. The summed E-state index contributed by atoms with van der Waals surface area (Å²) in [4.78, 5) is 10.4. The van der Waals surface area contributed by atoms with E-state index in [2.05, 4.69) is 9.47 Å². The largest absolute Gasteiger partial charge is 0.573 e. The van der Waals surface area contributed by atoms with Gasteiger partial charge < -0.3 is 9.47 Å². The molecule has 0 aliphatic heterocycles. The quantitative estimate of drug-likeness (QED) is 0.473. The molecule has 0 radical (unpaired) electrons. The molecule has 0 saturated heterocycles. The molecule has 0 heterocycles. The molecule has 0 saturated carbocycles. The Bertz CT molecular complexity index is 583. The molecule has 0 spiro atoms. The second-order valence-electron chi connectivity index (χ2n) is 3.55. The summed E-state index contributed by atoms with van der Waals surface area (Å²) in [6, 6.07) is 2.28. The van der Waals surface area contributed by atoms with Crippen LogP contribution in [-0.2, 0) is 4.74 Å². The van der Waals surface area contributed by atoms with Gasteiger partial charge in [-0.3, -0.25) is 0 Å². The second kappa shape index (κ2) is 6.35. The van der Waals surface area contributed by atoms with E-state index < -0.39 is 51.4 Å². The Hall–Kier alpha value is -2.09. The van der Waals surface area contributed by atoms with Crippen molar-refractivity contribution in [1.82, 2.24) is 0 Å². The van der Waals surface area contributed by atoms with Crippen LogP contribution in [0.1, 0.15) is 15.9 Å². The Balaban J connectivity index is 3.50. The van der Waals surface area contributed by atoms with Crippen LogP contribution in [0.5, 0.6) is 5.75 Å². The number of ether oxygens (including phenoxy) is 2. The molecule has 1 aromatic rings. The van der Waals surface area contributed by atoms with Crippen molar-refractivity contribution >= 4 is 17.7 Å². The maximum atomic E-state index is 12.4. The molecule has 1 rings (SSSR count). The Morgan fingerprint density at radius 3 is 2.23 bits per heavy atom. The molecule has 0 bridgehead atoms. The number of carbonyl (C=O) groups excluding carboxylic acids is 1. The van der Waals surface area contributed by atoms with Crippen LogP contribution in [0.25, 0.3) is 0 Å². The van der Waals surface area contributed by atoms with Gasteiger partial charge in [-0.1, -0.05) is 0 Å². The van der Waals surface area contributed by atoms with Gasteiger partial charge in [0.15, 0.2) is 0 Å². The van der Waals surface area contributed by atoms with Gasteiger partial charge >= 0.3 is 17.8 Å². The minimum absolute atomic E-state index is 0.484. The number of benzene rings is 1. The van der Waals surface area contributed by atoms with Crippen molar-refractivity contribution in [2.45, 2.75) is 16.8 Å². The molecule has 0 fully saturated rings. The number of hydrogen-bond donors (Lipinski definition) is 0. The Morgan fingerprint density at radius 1 is 1.23 bits per heavy atom. The highest BCUT2D eigenvalue weighted by Gasteiger charge is 2.36. The molecule has 0 aromatic heterocycles. The lowest BCUT2D eigenvalue weighted by Gasteiger charge is -2.15. The molecule has 0 atom stereocenters. The predicted octanol–water partition coefficient (Wildman–Crippen LogP) is 3.86. The average Bonchev–Trinajstić information content (AvgIpc) is 2.33. The number of methoxy groups -OCH3 is 1. The number of nitriles is 1. The maximum absolute atomic E-state index is 12.4. The molecule has 0 amide bonds. The van der Waals surface area contributed by atoms with Crippen LogP contribution in [0, 0.1) is 11.3 Å². The van der Waals surface area contributed by atoms with Crippen molar-refractivity contribution in [2.75, 3.05) is 7.11 Å². The Morgan fingerprint density at radius 2 is 1.82 bits per heavy atom. The third kappa shape index (κ3) is 5.03. The van der Waals surface area contributed by atoms with E-state index in [0.29, 0.717) is 12.1 Å². The number of hydrogen-bond acceptors (Lipinski definition) is 5. The lowest BCUT2D eigenvalue weighted by atomic mass is 10.1. The van der Waals surface area contributed by atoms with Crippen LogP contribution in [-0.4, -0.2) is 24.9 Å². The highest BCUT2D eigenvalue weighted by Crippen LogP contribution is 2.42. The van der Waals surface area contributed by atoms with E-state index in [-0.39, 0.29) is 0 Å². The number of halogens is 6. The van der Waals surface area contributed by atoms with Gasteiger partial charge in [-0.15, -0.1) is 13.2 Å². The first kappa shape index (κ1) is 18.0. The molecular weight excluding hydrogens is 340 g/mol. The van der Waals surface area contributed by atoms with Crippen LogP contribution < -0.4 is 4.74 Å². The van der Waals surface area contributed by atoms with Gasteiger partial charge in [0.1, 0.15) is 17.4 Å². The van der Waals surface area contributed by atoms with Crippen LogP contribution in [0.15, 0.2) is 17.0 Å². The molecule has 11 heteroatoms. The molecule has 0 aliphatic rings. The van der Waals surface area contributed by atoms with Gasteiger partial charge in [0.05, 0.1) is 12.7 Å². The summed E-state index contributed by atoms with van der Waals surface area (Å²) in [6.07, 6.45) is -5.25. The monoisotopic (exact) mass is 345 g/mol. The van der Waals surface area contributed by atoms with Crippen LogP contribution in [0.2, 0.25) is 0 Å². The van der Waals surface area contributed by atoms with E-state index in [1.165, 1.54) is 6.07 Å². The molecule has 0 N–H and O–H groups in total. The fourth-order valence-electron chi connectivity index (χ4n) is 1.35. The normalized spacial score (nSPS) is 11.7. The van der Waals surface area contributed by atoms with E-state index in [4.69, 9.17) is 5.26 Å². The van der Waals surface area contributed by atoms with Crippen molar-refractivity contribution in [3.05, 3.63) is 23.3 Å². The standard InChI is InChI=1S/C11H5F6NO3S/c1-20-9(19)5-2-7(21-10(12,13)14)6(4-18)8(3-5)22-11(15,16)17/h2-3H,1H3. The maximum Gasteiger partial charge on any atom is 0.573 e. The van der Waals surface area contributed by atoms with Gasteiger partial charge in [0.25, 0.3) is 0 Å². The SMILES string of the molecule is COC(=O)c1cc(OC(F)(F)F)c(C#N)c(SC(F)(F)F)c1. The zero-order chi connectivity index (χ0) is 17.1. The highest BCUT2D eigenvalue weighted by atomic mass is 32.2. The van der Waals surface area contributed by atoms with Crippen molar-refractivity contribution in [3.8, 4) is 11.8 Å². The minimum Gasteiger partial charge on any atom is -0.465 e. The second-order valence-corrected chi connectivity index (χ2v) is 4.65. The summed E-state index contributed by atoms with van der Waals surface area (Å²) in [6.45, 7) is 0. The molecule has 22 heavy (non-hydrogen) atoms. The summed E-state index contributed by atoms with van der Waals surface area (Å²) in [5.41, 5.74) is -6.49. The first-order valence-electron chi connectivity index (χ1n) is 5.15. The molecule has 1 aromatic carbocycles. The van der Waals surface area contributed by atoms with Crippen molar-refractivity contribution in [3.63, 3.8) is 0 Å². The zero-order valence-electron chi connectivity index (χ0n) is 10.5. The molecule has 120 valence electrons. The smallest absolute Gasteiger partial charge is 0.465 e. The zero-order valence-corrected chi connectivity index (χ0v) is 11.3. The van der Waals surface area contributed by atoms with E-state index in [0.717, 1.165) is 7.11 Å². The number of thioether (sulfide) groups is 1. The molecule has 4 nitrogen and oxygen atoms in total. The fraction of sp³-hybridized carbons (Fsp3) is 0.273. The molecular formula is C11H5F6NO3S. The van der Waals surface area contributed by atoms with Gasteiger partial charge in [-0.2, -0.15) is 18.4 Å². The van der Waals surface area contributed by atoms with Crippen molar-refractivity contribution in [1.29, 1.82) is 5.26 Å². The first-order valence-corrected chi connectivity index (χ1v) is 5.96. The topological polar surface area (TPSA) is 59.3 Å². The van der Waals surface area contributed by atoms with E-state index in [1.54, 1.807) is 0 Å². The lowest BCUT2D eigenvalue weighted by Crippen LogP contribution is -2.19. The minimum atomic E-state index is -5.25. The summed E-state index contributed by atoms with van der Waals surface area (Å²) in [7, 11) is 0.890. The summed E-state index contributed by atoms with van der Waals surface area (Å²) < 4.78 is 81.8. The number of esters is 1. The van der Waals surface area contributed by atoms with E-state index in [1.807, 2.05) is 0 Å². The summed E-state index contributed by atoms with van der Waals surface area (Å²) in [5.74, 6) is -2.40. The van der Waals surface area contributed by atoms with Gasteiger partial charge in [-0.05, 0) is 23.9 Å². The fourth-order valence-corrected chi connectivity index (χ4v) is 2.03. The van der Waals surface area contributed by atoms with Gasteiger partial charge in [0.2, 0.25) is 0 Å².